The molecule has 0 amide bonds. The van der Waals surface area contributed by atoms with Crippen molar-refractivity contribution in [2.24, 2.45) is 16.8 Å². The van der Waals surface area contributed by atoms with Crippen LogP contribution in [0, 0.1) is 11.8 Å². The highest BCUT2D eigenvalue weighted by molar-refractivity contribution is 5.24. The van der Waals surface area contributed by atoms with E-state index in [-0.39, 0.29) is 0 Å². The van der Waals surface area contributed by atoms with Crippen LogP contribution in [0.15, 0.2) is 11.1 Å². The topological polar surface area (TPSA) is 42.2 Å². The lowest BCUT2D eigenvalue weighted by molar-refractivity contribution is 0.328. The highest BCUT2D eigenvalue weighted by Gasteiger charge is 2.22. The van der Waals surface area contributed by atoms with E-state index >= 15 is 0 Å². The zero-order valence-electron chi connectivity index (χ0n) is 11.7. The monoisotopic (exact) mass is 248 g/mol. The highest BCUT2D eigenvalue weighted by atomic mass is 15.3. The molecule has 4 nitrogen and oxygen atoms in total. The number of hydrogen-bond donors (Lipinski definition) is 1. The van der Waals surface area contributed by atoms with Gasteiger partial charge in [-0.05, 0) is 38.0 Å². The van der Waals surface area contributed by atoms with Gasteiger partial charge in [0, 0.05) is 19.1 Å². The van der Waals surface area contributed by atoms with Gasteiger partial charge in [-0.25, -0.2) is 0 Å². The van der Waals surface area contributed by atoms with Gasteiger partial charge < -0.3 is 5.32 Å². The summed E-state index contributed by atoms with van der Waals surface area (Å²) < 4.78 is 2.13. The molecule has 0 fully saturated rings. The van der Waals surface area contributed by atoms with Crippen LogP contribution in [0.25, 0.3) is 0 Å². The molecule has 18 heavy (non-hydrogen) atoms. The van der Waals surface area contributed by atoms with Gasteiger partial charge in [0.1, 0.15) is 0 Å². The molecule has 1 aromatic rings. The molecule has 2 heterocycles. The molecular formula is C14H24N4. The summed E-state index contributed by atoms with van der Waals surface area (Å²) in [6.07, 6.45) is 0.998. The second-order valence-corrected chi connectivity index (χ2v) is 5.56. The van der Waals surface area contributed by atoms with Gasteiger partial charge in [0.05, 0.1) is 17.9 Å². The normalized spacial score (nSPS) is 18.4. The molecule has 0 radical (unpaired) electrons. The molecule has 1 aliphatic rings. The highest BCUT2D eigenvalue weighted by Crippen LogP contribution is 2.23. The molecule has 2 rings (SSSR count). The third kappa shape index (κ3) is 2.80. The summed E-state index contributed by atoms with van der Waals surface area (Å²) in [5, 5.41) is 8.08. The first kappa shape index (κ1) is 13.3. The maximum absolute atomic E-state index is 4.70. The van der Waals surface area contributed by atoms with Crippen LogP contribution in [-0.4, -0.2) is 29.1 Å². The van der Waals surface area contributed by atoms with Crippen molar-refractivity contribution in [3.05, 3.63) is 17.5 Å². The number of hydrogen-bond acceptors (Lipinski definition) is 3. The smallest absolute Gasteiger partial charge is 0.0631 e. The van der Waals surface area contributed by atoms with E-state index in [0.29, 0.717) is 17.9 Å². The number of aromatic nitrogens is 2. The fraction of sp³-hybridized carbons (Fsp3) is 0.714. The molecule has 0 saturated carbocycles. The Morgan fingerprint density at radius 2 is 2.28 bits per heavy atom. The minimum atomic E-state index is 0.293. The minimum Gasteiger partial charge on any atom is -0.309 e. The third-order valence-electron chi connectivity index (χ3n) is 3.93. The van der Waals surface area contributed by atoms with Crippen molar-refractivity contribution in [3.63, 3.8) is 0 Å². The van der Waals surface area contributed by atoms with Crippen LogP contribution in [-0.2, 0) is 19.5 Å². The molecule has 4 heteroatoms. The van der Waals surface area contributed by atoms with Crippen molar-refractivity contribution in [3.8, 4) is 0 Å². The predicted molar refractivity (Wildman–Crippen MR) is 75.0 cm³/mol. The van der Waals surface area contributed by atoms with Crippen LogP contribution < -0.4 is 5.32 Å². The van der Waals surface area contributed by atoms with E-state index in [1.807, 2.05) is 0 Å². The Morgan fingerprint density at radius 3 is 2.89 bits per heavy atom. The van der Waals surface area contributed by atoms with E-state index in [1.54, 1.807) is 0 Å². The quantitative estimate of drug-likeness (QED) is 0.809. The maximum atomic E-state index is 4.70. The number of fused-ring (bicyclic) bond motifs is 1. The molecular weight excluding hydrogens is 224 g/mol. The van der Waals surface area contributed by atoms with Gasteiger partial charge in [-0.15, -0.1) is 0 Å². The van der Waals surface area contributed by atoms with Crippen molar-refractivity contribution in [2.45, 2.75) is 46.3 Å². The van der Waals surface area contributed by atoms with E-state index < -0.39 is 0 Å². The second kappa shape index (κ2) is 5.65. The van der Waals surface area contributed by atoms with E-state index in [4.69, 9.17) is 5.10 Å². The lowest BCUT2D eigenvalue weighted by atomic mass is 9.85. The van der Waals surface area contributed by atoms with Gasteiger partial charge in [0.25, 0.3) is 0 Å². The zero-order chi connectivity index (χ0) is 13.1. The van der Waals surface area contributed by atoms with Gasteiger partial charge in [0.2, 0.25) is 0 Å². The van der Waals surface area contributed by atoms with Crippen LogP contribution in [0.5, 0.6) is 0 Å². The molecule has 2 atom stereocenters. The molecule has 0 aromatic carbocycles. The maximum Gasteiger partial charge on any atom is 0.0631 e. The lowest BCUT2D eigenvalue weighted by Crippen LogP contribution is -2.28. The molecule has 1 unspecified atom stereocenters. The van der Waals surface area contributed by atoms with Gasteiger partial charge in [-0.2, -0.15) is 5.10 Å². The van der Waals surface area contributed by atoms with Gasteiger partial charge >= 0.3 is 0 Å². The third-order valence-corrected chi connectivity index (χ3v) is 3.93. The van der Waals surface area contributed by atoms with Crippen molar-refractivity contribution in [2.75, 3.05) is 6.54 Å². The van der Waals surface area contributed by atoms with Crippen molar-refractivity contribution in [1.29, 1.82) is 0 Å². The zero-order valence-corrected chi connectivity index (χ0v) is 11.7. The van der Waals surface area contributed by atoms with Gasteiger partial charge in [0.15, 0.2) is 0 Å². The van der Waals surface area contributed by atoms with Crippen LogP contribution in [0.2, 0.25) is 0 Å². The summed E-state index contributed by atoms with van der Waals surface area (Å²) >= 11 is 0. The van der Waals surface area contributed by atoms with Crippen molar-refractivity contribution in [1.82, 2.24) is 15.1 Å². The predicted octanol–water partition coefficient (Wildman–Crippen LogP) is 1.89. The molecule has 100 valence electrons. The Bertz CT molecular complexity index is 384. The summed E-state index contributed by atoms with van der Waals surface area (Å²) in [6.45, 7) is 13.3. The number of aliphatic imine (C=N–C) groups is 1. The van der Waals surface area contributed by atoms with Crippen LogP contribution in [0.4, 0.5) is 0 Å². The number of nitrogens with zero attached hydrogens (tertiary/aromatic N) is 3. The Hall–Kier alpha value is -1.16. The fourth-order valence-electron chi connectivity index (χ4n) is 2.69. The summed E-state index contributed by atoms with van der Waals surface area (Å²) in [5.74, 6) is 1.12. The summed E-state index contributed by atoms with van der Waals surface area (Å²) in [7, 11) is 0. The fourth-order valence-corrected chi connectivity index (χ4v) is 2.69. The molecule has 1 aromatic heterocycles. The van der Waals surface area contributed by atoms with Crippen LogP contribution in [0.1, 0.15) is 32.2 Å². The molecule has 1 aliphatic heterocycles. The summed E-state index contributed by atoms with van der Waals surface area (Å²) in [5.41, 5.74) is 2.50. The first-order valence-electron chi connectivity index (χ1n) is 6.84. The minimum absolute atomic E-state index is 0.293. The number of nitrogens with one attached hydrogen (secondary N) is 1. The van der Waals surface area contributed by atoms with E-state index in [2.05, 4.69) is 48.5 Å². The lowest BCUT2D eigenvalue weighted by Gasteiger charge is -2.23. The first-order valence-corrected chi connectivity index (χ1v) is 6.84. The SMILES string of the molecule is C=NC(C)[C@@H](Cc1cc2n(n1)CCNC2)C(C)C. The second-order valence-electron chi connectivity index (χ2n) is 5.56. The molecule has 0 aliphatic carbocycles. The van der Waals surface area contributed by atoms with Crippen LogP contribution >= 0.6 is 0 Å². The Kier molecular flexibility index (Phi) is 4.17. The molecule has 0 spiro atoms. The van der Waals surface area contributed by atoms with Crippen LogP contribution in [0.3, 0.4) is 0 Å². The van der Waals surface area contributed by atoms with Crippen molar-refractivity contribution >= 4 is 6.72 Å². The van der Waals surface area contributed by atoms with Crippen molar-refractivity contribution < 1.29 is 0 Å². The van der Waals surface area contributed by atoms with Gasteiger partial charge in [-0.3, -0.25) is 9.67 Å². The Balaban J connectivity index is 2.11. The molecule has 1 N–H and O–H groups in total. The average Bonchev–Trinajstić information content (AvgIpc) is 2.77. The molecule has 0 bridgehead atoms. The Morgan fingerprint density at radius 1 is 1.50 bits per heavy atom. The first-order chi connectivity index (χ1) is 8.61. The molecule has 0 saturated heterocycles. The van der Waals surface area contributed by atoms with E-state index in [1.165, 1.54) is 11.4 Å². The standard InChI is InChI=1S/C14H24N4/c1-10(2)14(11(3)15-4)8-12-7-13-9-16-5-6-18(13)17-12/h7,10-11,14,16H,4-6,8-9H2,1-3H3/t11?,14-/m0/s1. The average molecular weight is 248 g/mol. The van der Waals surface area contributed by atoms with Gasteiger partial charge in [-0.1, -0.05) is 13.8 Å². The largest absolute Gasteiger partial charge is 0.309 e. The van der Waals surface area contributed by atoms with E-state index in [9.17, 15) is 0 Å². The Labute approximate surface area is 109 Å². The summed E-state index contributed by atoms with van der Waals surface area (Å²) in [6, 6.07) is 2.53. The summed E-state index contributed by atoms with van der Waals surface area (Å²) in [4.78, 5) is 4.19. The number of rotatable bonds is 5. The van der Waals surface area contributed by atoms with E-state index in [0.717, 1.165) is 26.1 Å².